The van der Waals surface area contributed by atoms with Crippen LogP contribution < -0.4 is 0 Å². The molecule has 0 saturated carbocycles. The lowest BCUT2D eigenvalue weighted by atomic mass is 9.97. The van der Waals surface area contributed by atoms with Crippen molar-refractivity contribution >= 4 is 0 Å². The summed E-state index contributed by atoms with van der Waals surface area (Å²) >= 11 is 0. The first kappa shape index (κ1) is 12.1. The zero-order valence-electron chi connectivity index (χ0n) is 9.47. The molecule has 1 aromatic heterocycles. The molecule has 1 unspecified atom stereocenters. The minimum atomic E-state index is -0.491. The van der Waals surface area contributed by atoms with Crippen LogP contribution in [0.5, 0.6) is 0 Å². The Labute approximate surface area is 90.3 Å². The maximum atomic E-state index is 9.86. The highest BCUT2D eigenvalue weighted by Gasteiger charge is 2.18. The van der Waals surface area contributed by atoms with Crippen LogP contribution in [0.4, 0.5) is 0 Å². The third-order valence-electron chi connectivity index (χ3n) is 2.56. The Kier molecular flexibility index (Phi) is 4.17. The van der Waals surface area contributed by atoms with Crippen LogP contribution in [0.25, 0.3) is 0 Å². The first-order valence-electron chi connectivity index (χ1n) is 5.05. The number of nitrogens with zero attached hydrogens (tertiary/aromatic N) is 2. The van der Waals surface area contributed by atoms with Crippen LogP contribution in [0.3, 0.4) is 0 Å². The van der Waals surface area contributed by atoms with Gasteiger partial charge in [0.05, 0.1) is 17.9 Å². The van der Waals surface area contributed by atoms with E-state index < -0.39 is 6.10 Å². The number of aliphatic hydroxyl groups is 1. The van der Waals surface area contributed by atoms with Gasteiger partial charge in [0.1, 0.15) is 0 Å². The van der Waals surface area contributed by atoms with E-state index in [1.165, 1.54) is 0 Å². The molecule has 1 aromatic rings. The predicted octanol–water partition coefficient (Wildman–Crippen LogP) is 1.72. The van der Waals surface area contributed by atoms with Gasteiger partial charge in [-0.05, 0) is 32.8 Å². The summed E-state index contributed by atoms with van der Waals surface area (Å²) in [5, 5.41) is 17.3. The maximum Gasteiger partial charge on any atom is 0.0807 e. The molecule has 0 fully saturated rings. The van der Waals surface area contributed by atoms with Gasteiger partial charge in [-0.25, -0.2) is 0 Å². The second-order valence-corrected chi connectivity index (χ2v) is 4.19. The van der Waals surface area contributed by atoms with Gasteiger partial charge in [-0.15, -0.1) is 0 Å². The Morgan fingerprint density at radius 3 is 2.73 bits per heavy atom. The van der Waals surface area contributed by atoms with Gasteiger partial charge < -0.3 is 9.84 Å². The van der Waals surface area contributed by atoms with Crippen molar-refractivity contribution in [3.05, 3.63) is 24.0 Å². The van der Waals surface area contributed by atoms with Gasteiger partial charge >= 0.3 is 0 Å². The summed E-state index contributed by atoms with van der Waals surface area (Å²) in [6.45, 7) is 4.01. The van der Waals surface area contributed by atoms with E-state index in [1.807, 2.05) is 13.8 Å². The molecule has 0 aliphatic heterocycles. The maximum absolute atomic E-state index is 9.86. The van der Waals surface area contributed by atoms with E-state index in [4.69, 9.17) is 4.74 Å². The van der Waals surface area contributed by atoms with Crippen LogP contribution in [-0.4, -0.2) is 28.0 Å². The van der Waals surface area contributed by atoms with Gasteiger partial charge in [-0.3, -0.25) is 0 Å². The van der Waals surface area contributed by atoms with Gasteiger partial charge in [-0.2, -0.15) is 10.2 Å². The van der Waals surface area contributed by atoms with Crippen molar-refractivity contribution in [3.8, 4) is 0 Å². The van der Waals surface area contributed by atoms with Crippen LogP contribution in [0.1, 0.15) is 38.4 Å². The van der Waals surface area contributed by atoms with Crippen molar-refractivity contribution in [2.75, 3.05) is 7.11 Å². The highest BCUT2D eigenvalue weighted by Crippen LogP contribution is 2.23. The molecule has 1 rings (SSSR count). The number of hydrogen-bond donors (Lipinski definition) is 1. The van der Waals surface area contributed by atoms with E-state index in [1.54, 1.807) is 25.6 Å². The summed E-state index contributed by atoms with van der Waals surface area (Å²) in [4.78, 5) is 0. The van der Waals surface area contributed by atoms with Crippen molar-refractivity contribution in [3.63, 3.8) is 0 Å². The summed E-state index contributed by atoms with van der Waals surface area (Å²) in [6.07, 6.45) is 4.14. The van der Waals surface area contributed by atoms with Crippen molar-refractivity contribution in [1.82, 2.24) is 10.2 Å². The van der Waals surface area contributed by atoms with Crippen molar-refractivity contribution in [2.24, 2.45) is 0 Å². The highest BCUT2D eigenvalue weighted by molar-refractivity contribution is 5.08. The number of rotatable bonds is 5. The third kappa shape index (κ3) is 3.93. The SMILES string of the molecule is COC(C)(C)CCC(O)c1ccnnc1. The van der Waals surface area contributed by atoms with Crippen molar-refractivity contribution < 1.29 is 9.84 Å². The summed E-state index contributed by atoms with van der Waals surface area (Å²) in [6, 6.07) is 1.78. The largest absolute Gasteiger partial charge is 0.388 e. The molecule has 0 spiro atoms. The quantitative estimate of drug-likeness (QED) is 0.804. The highest BCUT2D eigenvalue weighted by atomic mass is 16.5. The van der Waals surface area contributed by atoms with Crippen LogP contribution in [0, 0.1) is 0 Å². The molecule has 15 heavy (non-hydrogen) atoms. The molecule has 4 heteroatoms. The summed E-state index contributed by atoms with van der Waals surface area (Å²) < 4.78 is 5.28. The Morgan fingerprint density at radius 1 is 1.47 bits per heavy atom. The molecule has 84 valence electrons. The minimum absolute atomic E-state index is 0.193. The molecular weight excluding hydrogens is 192 g/mol. The first-order valence-corrected chi connectivity index (χ1v) is 5.05. The van der Waals surface area contributed by atoms with Gasteiger partial charge in [-0.1, -0.05) is 0 Å². The van der Waals surface area contributed by atoms with Gasteiger partial charge in [0.2, 0.25) is 0 Å². The van der Waals surface area contributed by atoms with Gasteiger partial charge in [0.25, 0.3) is 0 Å². The summed E-state index contributed by atoms with van der Waals surface area (Å²) in [7, 11) is 1.68. The smallest absolute Gasteiger partial charge is 0.0807 e. The van der Waals surface area contributed by atoms with E-state index in [0.29, 0.717) is 6.42 Å². The van der Waals surface area contributed by atoms with Crippen LogP contribution in [0.15, 0.2) is 18.5 Å². The number of methoxy groups -OCH3 is 1. The van der Waals surface area contributed by atoms with Crippen molar-refractivity contribution in [2.45, 2.75) is 38.4 Å². The molecule has 1 atom stereocenters. The fourth-order valence-corrected chi connectivity index (χ4v) is 1.25. The molecular formula is C11H18N2O2. The van der Waals surface area contributed by atoms with E-state index in [0.717, 1.165) is 12.0 Å². The van der Waals surface area contributed by atoms with E-state index in [-0.39, 0.29) is 5.60 Å². The normalized spacial score (nSPS) is 13.9. The van der Waals surface area contributed by atoms with E-state index in [9.17, 15) is 5.11 Å². The Morgan fingerprint density at radius 2 is 2.20 bits per heavy atom. The molecule has 0 amide bonds. The molecule has 0 bridgehead atoms. The third-order valence-corrected chi connectivity index (χ3v) is 2.56. The average molecular weight is 210 g/mol. The Balaban J connectivity index is 2.47. The first-order chi connectivity index (χ1) is 7.05. The molecule has 1 N–H and O–H groups in total. The zero-order valence-corrected chi connectivity index (χ0v) is 9.47. The molecule has 1 heterocycles. The fourth-order valence-electron chi connectivity index (χ4n) is 1.25. The molecule has 4 nitrogen and oxygen atoms in total. The number of aliphatic hydroxyl groups excluding tert-OH is 1. The second kappa shape index (κ2) is 5.19. The van der Waals surface area contributed by atoms with Gasteiger partial charge in [0, 0.05) is 18.9 Å². The number of aromatic nitrogens is 2. The van der Waals surface area contributed by atoms with E-state index >= 15 is 0 Å². The number of hydrogen-bond acceptors (Lipinski definition) is 4. The standard InChI is InChI=1S/C11H18N2O2/c1-11(2,15-3)6-4-10(14)9-5-7-12-13-8-9/h5,7-8,10,14H,4,6H2,1-3H3. The predicted molar refractivity (Wildman–Crippen MR) is 57.3 cm³/mol. The molecule has 0 radical (unpaired) electrons. The number of ether oxygens (including phenoxy) is 1. The minimum Gasteiger partial charge on any atom is -0.388 e. The second-order valence-electron chi connectivity index (χ2n) is 4.19. The van der Waals surface area contributed by atoms with Crippen molar-refractivity contribution in [1.29, 1.82) is 0 Å². The molecule has 0 aliphatic rings. The van der Waals surface area contributed by atoms with E-state index in [2.05, 4.69) is 10.2 Å². The lowest BCUT2D eigenvalue weighted by molar-refractivity contribution is 0.00275. The molecule has 0 aromatic carbocycles. The molecule has 0 aliphatic carbocycles. The zero-order chi connectivity index (χ0) is 11.3. The topological polar surface area (TPSA) is 55.2 Å². The van der Waals surface area contributed by atoms with Crippen LogP contribution in [-0.2, 0) is 4.74 Å². The Hall–Kier alpha value is -1.00. The summed E-state index contributed by atoms with van der Waals surface area (Å²) in [5.74, 6) is 0. The lowest BCUT2D eigenvalue weighted by Crippen LogP contribution is -2.23. The fraction of sp³-hybridized carbons (Fsp3) is 0.636. The Bertz CT molecular complexity index is 288. The van der Waals surface area contributed by atoms with Crippen LogP contribution >= 0.6 is 0 Å². The monoisotopic (exact) mass is 210 g/mol. The average Bonchev–Trinajstić information content (AvgIpc) is 2.27. The lowest BCUT2D eigenvalue weighted by Gasteiger charge is -2.24. The van der Waals surface area contributed by atoms with Crippen LogP contribution in [0.2, 0.25) is 0 Å². The van der Waals surface area contributed by atoms with Gasteiger partial charge in [0.15, 0.2) is 0 Å². The summed E-state index contributed by atoms with van der Waals surface area (Å²) in [5.41, 5.74) is 0.610. The molecule has 0 saturated heterocycles.